The third kappa shape index (κ3) is 2.66. The van der Waals surface area contributed by atoms with Crippen LogP contribution in [0.4, 0.5) is 5.69 Å². The van der Waals surface area contributed by atoms with Crippen molar-refractivity contribution in [1.82, 2.24) is 0 Å². The van der Waals surface area contributed by atoms with Gasteiger partial charge in [0.25, 0.3) is 0 Å². The number of anilines is 1. The fourth-order valence-electron chi connectivity index (χ4n) is 2.39. The minimum atomic E-state index is -0.218. The maximum atomic E-state index is 11.4. The summed E-state index contributed by atoms with van der Waals surface area (Å²) in [6.45, 7) is 0. The molecule has 3 nitrogen and oxygen atoms in total. The summed E-state index contributed by atoms with van der Waals surface area (Å²) in [6, 6.07) is 11.7. The smallest absolute Gasteiger partial charge is 0.228 e. The van der Waals surface area contributed by atoms with Gasteiger partial charge >= 0.3 is 0 Å². The Hall–Kier alpha value is -1.17. The van der Waals surface area contributed by atoms with Gasteiger partial charge in [0.15, 0.2) is 0 Å². The number of fused-ring (bicyclic) bond motifs is 1. The lowest BCUT2D eigenvalue weighted by Gasteiger charge is -2.14. The van der Waals surface area contributed by atoms with E-state index in [0.717, 1.165) is 31.3 Å². The van der Waals surface area contributed by atoms with Crippen molar-refractivity contribution in [3.05, 3.63) is 62.0 Å². The van der Waals surface area contributed by atoms with Crippen molar-refractivity contribution in [1.29, 1.82) is 0 Å². The molecule has 2 aromatic rings. The molecule has 102 valence electrons. The Bertz CT molecular complexity index is 680. The number of amides is 1. The first kappa shape index (κ1) is 13.8. The zero-order valence-electron chi connectivity index (χ0n) is 10.5. The molecule has 3 N–H and O–H groups in total. The fourth-order valence-corrected chi connectivity index (χ4v) is 3.72. The second-order valence-corrected chi connectivity index (χ2v) is 6.65. The van der Waals surface area contributed by atoms with Crippen LogP contribution in [0.3, 0.4) is 0 Å². The SMILES string of the molecule is NC(c1cc(Br)cc(Br)c1)c1ccc2c(c1)CC(=O)N2. The molecule has 0 aliphatic carbocycles. The highest BCUT2D eigenvalue weighted by atomic mass is 79.9. The van der Waals surface area contributed by atoms with Crippen LogP contribution in [0.15, 0.2) is 45.3 Å². The van der Waals surface area contributed by atoms with E-state index >= 15 is 0 Å². The summed E-state index contributed by atoms with van der Waals surface area (Å²) in [4.78, 5) is 11.4. The van der Waals surface area contributed by atoms with Crippen LogP contribution in [0.5, 0.6) is 0 Å². The molecule has 3 rings (SSSR count). The molecular formula is C15H12Br2N2O. The van der Waals surface area contributed by atoms with Crippen LogP contribution in [-0.2, 0) is 11.2 Å². The molecule has 0 bridgehead atoms. The molecule has 20 heavy (non-hydrogen) atoms. The number of benzene rings is 2. The summed E-state index contributed by atoms with van der Waals surface area (Å²) < 4.78 is 1.96. The van der Waals surface area contributed by atoms with Crippen molar-refractivity contribution >= 4 is 43.5 Å². The Morgan fingerprint density at radius 3 is 2.45 bits per heavy atom. The van der Waals surface area contributed by atoms with Gasteiger partial charge in [-0.05, 0) is 41.0 Å². The van der Waals surface area contributed by atoms with Crippen molar-refractivity contribution in [2.75, 3.05) is 5.32 Å². The first-order valence-corrected chi connectivity index (χ1v) is 7.76. The van der Waals surface area contributed by atoms with Crippen LogP contribution in [0.2, 0.25) is 0 Å². The molecule has 0 saturated carbocycles. The number of rotatable bonds is 2. The quantitative estimate of drug-likeness (QED) is 0.813. The number of hydrogen-bond acceptors (Lipinski definition) is 2. The van der Waals surface area contributed by atoms with Gasteiger partial charge in [-0.25, -0.2) is 0 Å². The number of carbonyl (C=O) groups excluding carboxylic acids is 1. The van der Waals surface area contributed by atoms with Crippen molar-refractivity contribution < 1.29 is 4.79 Å². The first-order chi connectivity index (χ1) is 9.52. The number of hydrogen-bond donors (Lipinski definition) is 2. The Labute approximate surface area is 133 Å². The highest BCUT2D eigenvalue weighted by Gasteiger charge is 2.19. The van der Waals surface area contributed by atoms with Crippen LogP contribution >= 0.6 is 31.9 Å². The lowest BCUT2D eigenvalue weighted by Crippen LogP contribution is -2.12. The highest BCUT2D eigenvalue weighted by molar-refractivity contribution is 9.11. The zero-order valence-corrected chi connectivity index (χ0v) is 13.7. The van der Waals surface area contributed by atoms with Gasteiger partial charge in [-0.15, -0.1) is 0 Å². The molecule has 0 saturated heterocycles. The Kier molecular flexibility index (Phi) is 3.67. The lowest BCUT2D eigenvalue weighted by atomic mass is 9.97. The Morgan fingerprint density at radius 2 is 1.75 bits per heavy atom. The molecule has 1 heterocycles. The molecule has 1 aliphatic rings. The summed E-state index contributed by atoms with van der Waals surface area (Å²) in [5.41, 5.74) is 10.3. The van der Waals surface area contributed by atoms with E-state index in [1.807, 2.05) is 36.4 Å². The molecule has 0 aromatic heterocycles. The average molecular weight is 396 g/mol. The monoisotopic (exact) mass is 394 g/mol. The largest absolute Gasteiger partial charge is 0.326 e. The van der Waals surface area contributed by atoms with Gasteiger partial charge in [-0.2, -0.15) is 0 Å². The topological polar surface area (TPSA) is 55.1 Å². The van der Waals surface area contributed by atoms with Gasteiger partial charge in [-0.1, -0.05) is 44.0 Å². The van der Waals surface area contributed by atoms with E-state index in [1.165, 1.54) is 0 Å². The van der Waals surface area contributed by atoms with E-state index in [0.29, 0.717) is 6.42 Å². The summed E-state index contributed by atoms with van der Waals surface area (Å²) in [5, 5.41) is 2.83. The molecule has 1 amide bonds. The second-order valence-electron chi connectivity index (χ2n) is 4.82. The average Bonchev–Trinajstić information content (AvgIpc) is 2.75. The molecule has 0 fully saturated rings. The summed E-state index contributed by atoms with van der Waals surface area (Å²) in [7, 11) is 0. The van der Waals surface area contributed by atoms with Crippen molar-refractivity contribution in [2.45, 2.75) is 12.5 Å². The molecule has 1 aliphatic heterocycles. The first-order valence-electron chi connectivity index (χ1n) is 6.17. The van der Waals surface area contributed by atoms with Crippen LogP contribution < -0.4 is 11.1 Å². The van der Waals surface area contributed by atoms with Crippen LogP contribution in [0.25, 0.3) is 0 Å². The number of carbonyl (C=O) groups is 1. The Balaban J connectivity index is 1.97. The summed E-state index contributed by atoms with van der Waals surface area (Å²) in [6.07, 6.45) is 0.429. The number of nitrogens with two attached hydrogens (primary N) is 1. The highest BCUT2D eigenvalue weighted by Crippen LogP contribution is 2.30. The van der Waals surface area contributed by atoms with E-state index in [9.17, 15) is 4.79 Å². The summed E-state index contributed by atoms with van der Waals surface area (Å²) >= 11 is 6.94. The maximum Gasteiger partial charge on any atom is 0.228 e. The molecular weight excluding hydrogens is 384 g/mol. The van der Waals surface area contributed by atoms with Gasteiger partial charge in [0, 0.05) is 14.6 Å². The van der Waals surface area contributed by atoms with E-state index in [-0.39, 0.29) is 11.9 Å². The van der Waals surface area contributed by atoms with Gasteiger partial charge in [0.1, 0.15) is 0 Å². The number of nitrogens with one attached hydrogen (secondary N) is 1. The van der Waals surface area contributed by atoms with Crippen molar-refractivity contribution in [2.24, 2.45) is 5.73 Å². The molecule has 5 heteroatoms. The fraction of sp³-hybridized carbons (Fsp3) is 0.133. The summed E-state index contributed by atoms with van der Waals surface area (Å²) in [5.74, 6) is 0.0379. The van der Waals surface area contributed by atoms with Gasteiger partial charge < -0.3 is 11.1 Å². The molecule has 0 spiro atoms. The predicted octanol–water partition coefficient (Wildman–Crippen LogP) is 3.75. The van der Waals surface area contributed by atoms with Gasteiger partial charge in [-0.3, -0.25) is 4.79 Å². The van der Waals surface area contributed by atoms with Crippen LogP contribution in [-0.4, -0.2) is 5.91 Å². The molecule has 2 aromatic carbocycles. The predicted molar refractivity (Wildman–Crippen MR) is 86.6 cm³/mol. The molecule has 0 radical (unpaired) electrons. The lowest BCUT2D eigenvalue weighted by molar-refractivity contribution is -0.115. The zero-order chi connectivity index (χ0) is 14.3. The third-order valence-corrected chi connectivity index (χ3v) is 4.27. The van der Waals surface area contributed by atoms with E-state index in [1.54, 1.807) is 0 Å². The standard InChI is InChI=1S/C15H12Br2N2O/c16-11-4-10(5-12(17)7-11)15(18)8-1-2-13-9(3-8)6-14(20)19-13/h1-5,7,15H,6,18H2,(H,19,20). The molecule has 1 unspecified atom stereocenters. The van der Waals surface area contributed by atoms with E-state index < -0.39 is 0 Å². The normalized spacial score (nSPS) is 14.8. The Morgan fingerprint density at radius 1 is 1.05 bits per heavy atom. The van der Waals surface area contributed by atoms with Crippen molar-refractivity contribution in [3.63, 3.8) is 0 Å². The van der Waals surface area contributed by atoms with E-state index in [4.69, 9.17) is 5.73 Å². The van der Waals surface area contributed by atoms with Crippen molar-refractivity contribution in [3.8, 4) is 0 Å². The van der Waals surface area contributed by atoms with Gasteiger partial charge in [0.05, 0.1) is 12.5 Å². The minimum Gasteiger partial charge on any atom is -0.326 e. The van der Waals surface area contributed by atoms with Gasteiger partial charge in [0.2, 0.25) is 5.91 Å². The van der Waals surface area contributed by atoms with Crippen LogP contribution in [0.1, 0.15) is 22.7 Å². The van der Waals surface area contributed by atoms with Crippen LogP contribution in [0, 0.1) is 0 Å². The minimum absolute atomic E-state index is 0.0379. The van der Waals surface area contributed by atoms with E-state index in [2.05, 4.69) is 37.2 Å². The number of halogens is 2. The molecule has 1 atom stereocenters. The maximum absolute atomic E-state index is 11.4. The third-order valence-electron chi connectivity index (χ3n) is 3.36. The second kappa shape index (κ2) is 5.31.